The highest BCUT2D eigenvalue weighted by molar-refractivity contribution is 7.99. The second-order valence-corrected chi connectivity index (χ2v) is 13.6. The van der Waals surface area contributed by atoms with E-state index in [-0.39, 0.29) is 35.1 Å². The largest absolute Gasteiger partial charge is 0.350 e. The molecule has 0 rings (SSSR count). The van der Waals surface area contributed by atoms with Crippen molar-refractivity contribution in [3.63, 3.8) is 0 Å². The van der Waals surface area contributed by atoms with Gasteiger partial charge in [0.25, 0.3) is 0 Å². The van der Waals surface area contributed by atoms with Crippen LogP contribution in [0.15, 0.2) is 0 Å². The van der Waals surface area contributed by atoms with Crippen molar-refractivity contribution in [1.82, 2.24) is 21.3 Å². The Morgan fingerprint density at radius 1 is 0.576 bits per heavy atom. The van der Waals surface area contributed by atoms with E-state index in [4.69, 9.17) is 0 Å². The number of thioether (sulfide) groups is 1. The summed E-state index contributed by atoms with van der Waals surface area (Å²) in [5.41, 5.74) is -2.22. The number of amides is 4. The van der Waals surface area contributed by atoms with Crippen molar-refractivity contribution in [1.29, 1.82) is 0 Å². The molecule has 4 amide bonds. The van der Waals surface area contributed by atoms with Gasteiger partial charge in [-0.2, -0.15) is 11.8 Å². The van der Waals surface area contributed by atoms with E-state index in [9.17, 15) is 19.2 Å². The van der Waals surface area contributed by atoms with Crippen LogP contribution in [0.25, 0.3) is 0 Å². The molecular weight excluding hydrogens is 440 g/mol. The highest BCUT2D eigenvalue weighted by atomic mass is 32.2. The molecule has 0 fully saturated rings. The maximum absolute atomic E-state index is 12.8. The van der Waals surface area contributed by atoms with Crippen LogP contribution in [-0.2, 0) is 19.2 Å². The zero-order valence-corrected chi connectivity index (χ0v) is 23.4. The Kier molecular flexibility index (Phi) is 11.0. The molecule has 0 spiro atoms. The minimum absolute atomic E-state index is 0.236. The van der Waals surface area contributed by atoms with Crippen LogP contribution in [0.1, 0.15) is 83.1 Å². The summed E-state index contributed by atoms with van der Waals surface area (Å²) in [6.45, 7) is 21.9. The minimum Gasteiger partial charge on any atom is -0.350 e. The van der Waals surface area contributed by atoms with Crippen LogP contribution in [0.3, 0.4) is 0 Å². The Bertz CT molecular complexity index is 650. The molecule has 0 saturated heterocycles. The second kappa shape index (κ2) is 11.6. The molecule has 192 valence electrons. The molecule has 4 N–H and O–H groups in total. The summed E-state index contributed by atoms with van der Waals surface area (Å²) in [5.74, 6) is -0.535. The molecule has 0 saturated carbocycles. The summed E-state index contributed by atoms with van der Waals surface area (Å²) in [6, 6.07) is -1.55. The predicted octanol–water partition coefficient (Wildman–Crippen LogP) is 2.61. The Morgan fingerprint density at radius 2 is 0.848 bits per heavy atom. The van der Waals surface area contributed by atoms with Gasteiger partial charge >= 0.3 is 0 Å². The Hall–Kier alpha value is -1.77. The molecule has 0 aliphatic heterocycles. The molecule has 0 aliphatic rings. The average molecular weight is 487 g/mol. The third-order valence-electron chi connectivity index (χ3n) is 4.17. The highest BCUT2D eigenvalue weighted by Crippen LogP contribution is 2.17. The number of carbonyl (C=O) groups is 4. The van der Waals surface area contributed by atoms with Gasteiger partial charge in [0.15, 0.2) is 0 Å². The van der Waals surface area contributed by atoms with Crippen LogP contribution >= 0.6 is 11.8 Å². The lowest BCUT2D eigenvalue weighted by Gasteiger charge is -2.29. The molecule has 0 aromatic rings. The summed E-state index contributed by atoms with van der Waals surface area (Å²) >= 11 is 1.33. The van der Waals surface area contributed by atoms with Gasteiger partial charge in [-0.05, 0) is 41.5 Å². The highest BCUT2D eigenvalue weighted by Gasteiger charge is 2.32. The number of nitrogens with one attached hydrogen (secondary N) is 4. The van der Waals surface area contributed by atoms with Crippen molar-refractivity contribution >= 4 is 35.4 Å². The summed E-state index contributed by atoms with van der Waals surface area (Å²) in [4.78, 5) is 50.8. The van der Waals surface area contributed by atoms with Crippen molar-refractivity contribution in [2.75, 3.05) is 11.5 Å². The van der Waals surface area contributed by atoms with Crippen LogP contribution in [0.4, 0.5) is 0 Å². The lowest BCUT2D eigenvalue weighted by atomic mass is 9.95. The molecular formula is C24H46N4O4S. The van der Waals surface area contributed by atoms with Gasteiger partial charge in [0.2, 0.25) is 23.6 Å². The lowest BCUT2D eigenvalue weighted by molar-refractivity contribution is -0.133. The van der Waals surface area contributed by atoms with E-state index in [1.54, 1.807) is 41.5 Å². The van der Waals surface area contributed by atoms with Crippen molar-refractivity contribution in [3.8, 4) is 0 Å². The van der Waals surface area contributed by atoms with Gasteiger partial charge in [-0.3, -0.25) is 19.2 Å². The number of rotatable bonds is 8. The summed E-state index contributed by atoms with van der Waals surface area (Å²) in [7, 11) is 0. The molecule has 0 aromatic carbocycles. The number of hydrogen-bond acceptors (Lipinski definition) is 5. The van der Waals surface area contributed by atoms with Crippen LogP contribution in [0.5, 0.6) is 0 Å². The van der Waals surface area contributed by atoms with Gasteiger partial charge in [0.05, 0.1) is 0 Å². The number of carbonyl (C=O) groups excluding carboxylic acids is 4. The minimum atomic E-state index is -0.773. The van der Waals surface area contributed by atoms with Crippen molar-refractivity contribution in [3.05, 3.63) is 0 Å². The van der Waals surface area contributed by atoms with Crippen LogP contribution < -0.4 is 21.3 Å². The smallest absolute Gasteiger partial charge is 0.243 e. The molecule has 0 bridgehead atoms. The zero-order valence-electron chi connectivity index (χ0n) is 22.6. The van der Waals surface area contributed by atoms with Gasteiger partial charge in [0.1, 0.15) is 12.1 Å². The molecule has 2 atom stereocenters. The van der Waals surface area contributed by atoms with Gasteiger partial charge in [-0.15, -0.1) is 0 Å². The topological polar surface area (TPSA) is 116 Å². The summed E-state index contributed by atoms with van der Waals surface area (Å²) < 4.78 is 0. The summed E-state index contributed by atoms with van der Waals surface area (Å²) in [5, 5.41) is 11.5. The molecule has 33 heavy (non-hydrogen) atoms. The Morgan fingerprint density at radius 3 is 1.06 bits per heavy atom. The third kappa shape index (κ3) is 13.5. The molecule has 2 unspecified atom stereocenters. The normalized spacial score (nSPS) is 14.7. The first kappa shape index (κ1) is 31.2. The first-order chi connectivity index (χ1) is 14.5. The van der Waals surface area contributed by atoms with E-state index in [2.05, 4.69) is 21.3 Å². The van der Waals surface area contributed by atoms with Crippen molar-refractivity contribution < 1.29 is 19.2 Å². The molecule has 0 aromatic heterocycles. The maximum Gasteiger partial charge on any atom is 0.243 e. The lowest BCUT2D eigenvalue weighted by Crippen LogP contribution is -2.56. The molecule has 0 radical (unpaired) electrons. The average Bonchev–Trinajstić information content (AvgIpc) is 2.54. The van der Waals surface area contributed by atoms with E-state index < -0.39 is 34.0 Å². The number of hydrogen-bond donors (Lipinski definition) is 4. The standard InChI is InChI=1S/C24H46N4O4S/c1-21(2,3)19(31)25-15(17(29)27-23(7,8)9)13-33-14-16(18(30)28-24(10,11)12)26-20(32)22(4,5)6/h15-16H,13-14H2,1-12H3,(H,25,31)(H,26,32)(H,27,29)(H,28,30). The molecule has 0 heterocycles. The van der Waals surface area contributed by atoms with E-state index in [1.165, 1.54) is 11.8 Å². The fourth-order valence-corrected chi connectivity index (χ4v) is 3.41. The predicted molar refractivity (Wildman–Crippen MR) is 136 cm³/mol. The first-order valence-electron chi connectivity index (χ1n) is 11.4. The Balaban J connectivity index is 5.48. The van der Waals surface area contributed by atoms with Gasteiger partial charge in [0, 0.05) is 33.4 Å². The monoisotopic (exact) mass is 486 g/mol. The van der Waals surface area contributed by atoms with Gasteiger partial charge in [-0.25, -0.2) is 0 Å². The second-order valence-electron chi connectivity index (χ2n) is 12.6. The molecule has 8 nitrogen and oxygen atoms in total. The Labute approximate surface area is 204 Å². The van der Waals surface area contributed by atoms with E-state index in [1.807, 2.05) is 41.5 Å². The first-order valence-corrected chi connectivity index (χ1v) is 12.5. The van der Waals surface area contributed by atoms with E-state index >= 15 is 0 Å². The summed E-state index contributed by atoms with van der Waals surface area (Å²) in [6.07, 6.45) is 0. The van der Waals surface area contributed by atoms with Crippen LogP contribution in [-0.4, -0.2) is 58.3 Å². The molecule has 9 heteroatoms. The quantitative estimate of drug-likeness (QED) is 0.421. The fourth-order valence-electron chi connectivity index (χ4n) is 2.33. The van der Waals surface area contributed by atoms with E-state index in [0.717, 1.165) is 0 Å². The van der Waals surface area contributed by atoms with Gasteiger partial charge in [-0.1, -0.05) is 41.5 Å². The maximum atomic E-state index is 12.8. The van der Waals surface area contributed by atoms with Crippen molar-refractivity contribution in [2.24, 2.45) is 10.8 Å². The SMILES string of the molecule is CC(C)(C)NC(=O)C(CSCC(NC(=O)C(C)(C)C)C(=O)NC(C)(C)C)NC(=O)C(C)(C)C. The van der Waals surface area contributed by atoms with Crippen LogP contribution in [0, 0.1) is 10.8 Å². The third-order valence-corrected chi connectivity index (χ3v) is 5.31. The van der Waals surface area contributed by atoms with Crippen molar-refractivity contribution in [2.45, 2.75) is 106 Å². The van der Waals surface area contributed by atoms with Gasteiger partial charge < -0.3 is 21.3 Å². The molecule has 0 aliphatic carbocycles. The fraction of sp³-hybridized carbons (Fsp3) is 0.833. The van der Waals surface area contributed by atoms with E-state index in [0.29, 0.717) is 0 Å². The zero-order chi connectivity index (χ0) is 26.4. The van der Waals surface area contributed by atoms with Crippen LogP contribution in [0.2, 0.25) is 0 Å².